The smallest absolute Gasteiger partial charge is 0.325 e. The van der Waals surface area contributed by atoms with Crippen LogP contribution in [0, 0.1) is 5.82 Å². The topological polar surface area (TPSA) is 58.6 Å². The van der Waals surface area contributed by atoms with E-state index >= 15 is 0 Å². The van der Waals surface area contributed by atoms with Crippen LogP contribution in [0.1, 0.15) is 12.0 Å². The molecule has 18 heavy (non-hydrogen) atoms. The van der Waals surface area contributed by atoms with Gasteiger partial charge in [0.25, 0.3) is 5.91 Å². The molecule has 0 aliphatic carbocycles. The standard InChI is InChI=1S/C12H11FN2O3/c1-15-11(17)14-10(16)12(15)4-5-18-9-3-2-7(13)6-8(9)12/h2-3,6H,4-5H2,1H3,(H,14,16,17)/t12-/m1/s1. The predicted octanol–water partition coefficient (Wildman–Crippen LogP) is 0.985. The van der Waals surface area contributed by atoms with Crippen molar-refractivity contribution in [2.75, 3.05) is 13.7 Å². The van der Waals surface area contributed by atoms with Crippen LogP contribution >= 0.6 is 0 Å². The number of benzene rings is 1. The average Bonchev–Trinajstić information content (AvgIpc) is 2.55. The Kier molecular flexibility index (Phi) is 2.10. The summed E-state index contributed by atoms with van der Waals surface area (Å²) in [6.45, 7) is 0.309. The number of carbonyl (C=O) groups is 2. The SMILES string of the molecule is CN1C(=O)NC(=O)[C@]12CCOc1ccc(F)cc12. The Bertz CT molecular complexity index is 560. The summed E-state index contributed by atoms with van der Waals surface area (Å²) in [7, 11) is 1.53. The molecule has 3 amide bonds. The fourth-order valence-corrected chi connectivity index (χ4v) is 2.59. The summed E-state index contributed by atoms with van der Waals surface area (Å²) in [6, 6.07) is 3.53. The van der Waals surface area contributed by atoms with Gasteiger partial charge in [-0.2, -0.15) is 0 Å². The minimum Gasteiger partial charge on any atom is -0.493 e. The molecule has 1 atom stereocenters. The van der Waals surface area contributed by atoms with E-state index in [1.807, 2.05) is 0 Å². The number of nitrogens with zero attached hydrogens (tertiary/aromatic N) is 1. The lowest BCUT2D eigenvalue weighted by Gasteiger charge is -2.37. The number of rotatable bonds is 0. The third kappa shape index (κ3) is 1.20. The molecule has 1 N–H and O–H groups in total. The van der Waals surface area contributed by atoms with E-state index in [0.29, 0.717) is 24.3 Å². The van der Waals surface area contributed by atoms with Gasteiger partial charge < -0.3 is 9.64 Å². The van der Waals surface area contributed by atoms with Crippen molar-refractivity contribution in [1.29, 1.82) is 0 Å². The van der Waals surface area contributed by atoms with E-state index in [0.717, 1.165) is 0 Å². The zero-order valence-corrected chi connectivity index (χ0v) is 9.70. The van der Waals surface area contributed by atoms with Crippen molar-refractivity contribution in [3.63, 3.8) is 0 Å². The summed E-state index contributed by atoms with van der Waals surface area (Å²) in [5.41, 5.74) is -0.744. The Balaban J connectivity index is 2.24. The second kappa shape index (κ2) is 3.44. The molecule has 0 saturated carbocycles. The molecule has 1 spiro atoms. The normalized spacial score (nSPS) is 26.0. The summed E-state index contributed by atoms with van der Waals surface area (Å²) in [5, 5.41) is 2.26. The maximum Gasteiger partial charge on any atom is 0.325 e. The van der Waals surface area contributed by atoms with Crippen LogP contribution < -0.4 is 10.1 Å². The number of amides is 3. The number of fused-ring (bicyclic) bond motifs is 2. The lowest BCUT2D eigenvalue weighted by atomic mass is 9.83. The van der Waals surface area contributed by atoms with E-state index in [1.54, 1.807) is 0 Å². The number of halogens is 1. The minimum absolute atomic E-state index is 0.309. The first-order valence-electron chi connectivity index (χ1n) is 5.58. The van der Waals surface area contributed by atoms with Crippen LogP contribution in [-0.2, 0) is 10.3 Å². The third-order valence-electron chi connectivity index (χ3n) is 3.58. The Morgan fingerprint density at radius 3 is 2.89 bits per heavy atom. The molecule has 6 heteroatoms. The molecule has 2 heterocycles. The highest BCUT2D eigenvalue weighted by Gasteiger charge is 2.55. The third-order valence-corrected chi connectivity index (χ3v) is 3.58. The first kappa shape index (κ1) is 11.0. The number of urea groups is 1. The van der Waals surface area contributed by atoms with E-state index in [-0.39, 0.29) is 0 Å². The number of likely N-dealkylation sites (N-methyl/N-ethyl adjacent to an activating group) is 1. The molecule has 2 aliphatic heterocycles. The summed E-state index contributed by atoms with van der Waals surface area (Å²) in [4.78, 5) is 25.0. The Labute approximate surface area is 103 Å². The van der Waals surface area contributed by atoms with Gasteiger partial charge in [0, 0.05) is 19.0 Å². The highest BCUT2D eigenvalue weighted by atomic mass is 19.1. The van der Waals surface area contributed by atoms with Crippen LogP contribution in [0.25, 0.3) is 0 Å². The lowest BCUT2D eigenvalue weighted by Crippen LogP contribution is -2.48. The van der Waals surface area contributed by atoms with Crippen LogP contribution in [-0.4, -0.2) is 30.5 Å². The molecular formula is C12H11FN2O3. The number of carbonyl (C=O) groups excluding carboxylic acids is 2. The van der Waals surface area contributed by atoms with Crippen molar-refractivity contribution >= 4 is 11.9 Å². The van der Waals surface area contributed by atoms with Crippen molar-refractivity contribution < 1.29 is 18.7 Å². The number of hydrogen-bond donors (Lipinski definition) is 1. The number of hydrogen-bond acceptors (Lipinski definition) is 3. The second-order valence-electron chi connectivity index (χ2n) is 4.42. The zero-order chi connectivity index (χ0) is 12.9. The van der Waals surface area contributed by atoms with Gasteiger partial charge in [-0.05, 0) is 18.2 Å². The molecule has 1 fully saturated rings. The average molecular weight is 250 g/mol. The largest absolute Gasteiger partial charge is 0.493 e. The number of nitrogens with one attached hydrogen (secondary N) is 1. The van der Waals surface area contributed by atoms with Gasteiger partial charge in [0.2, 0.25) is 0 Å². The van der Waals surface area contributed by atoms with Crippen LogP contribution in [0.5, 0.6) is 5.75 Å². The molecule has 1 saturated heterocycles. The van der Waals surface area contributed by atoms with Gasteiger partial charge in [0.1, 0.15) is 11.6 Å². The maximum atomic E-state index is 13.4. The van der Waals surface area contributed by atoms with Gasteiger partial charge in [-0.25, -0.2) is 9.18 Å². The van der Waals surface area contributed by atoms with Gasteiger partial charge in [-0.3, -0.25) is 10.1 Å². The summed E-state index contributed by atoms with van der Waals surface area (Å²) < 4.78 is 18.8. The second-order valence-corrected chi connectivity index (χ2v) is 4.42. The minimum atomic E-state index is -1.15. The van der Waals surface area contributed by atoms with Crippen LogP contribution in [0.3, 0.4) is 0 Å². The van der Waals surface area contributed by atoms with Gasteiger partial charge >= 0.3 is 6.03 Å². The number of imide groups is 1. The summed E-state index contributed by atoms with van der Waals surface area (Å²) in [6.07, 6.45) is 0.317. The molecule has 2 aliphatic rings. The molecule has 3 rings (SSSR count). The van der Waals surface area contributed by atoms with E-state index in [9.17, 15) is 14.0 Å². The van der Waals surface area contributed by atoms with Crippen molar-refractivity contribution in [2.45, 2.75) is 12.0 Å². The highest BCUT2D eigenvalue weighted by molar-refractivity contribution is 6.07. The van der Waals surface area contributed by atoms with E-state index in [4.69, 9.17) is 4.74 Å². The van der Waals surface area contributed by atoms with Gasteiger partial charge in [0.05, 0.1) is 6.61 Å². The Morgan fingerprint density at radius 1 is 1.44 bits per heavy atom. The monoisotopic (exact) mass is 250 g/mol. The molecule has 0 aromatic heterocycles. The fourth-order valence-electron chi connectivity index (χ4n) is 2.59. The van der Waals surface area contributed by atoms with E-state index in [2.05, 4.69) is 5.32 Å². The van der Waals surface area contributed by atoms with Crippen molar-refractivity contribution in [3.8, 4) is 5.75 Å². The van der Waals surface area contributed by atoms with Crippen LogP contribution in [0.4, 0.5) is 9.18 Å². The molecule has 94 valence electrons. The van der Waals surface area contributed by atoms with Crippen molar-refractivity contribution in [1.82, 2.24) is 10.2 Å². The van der Waals surface area contributed by atoms with Crippen LogP contribution in [0.2, 0.25) is 0 Å². The highest BCUT2D eigenvalue weighted by Crippen LogP contribution is 2.43. The Hall–Kier alpha value is -2.11. The zero-order valence-electron chi connectivity index (χ0n) is 9.70. The Morgan fingerprint density at radius 2 is 2.22 bits per heavy atom. The molecule has 0 bridgehead atoms. The fraction of sp³-hybridized carbons (Fsp3) is 0.333. The first-order valence-corrected chi connectivity index (χ1v) is 5.58. The molecule has 1 aromatic carbocycles. The summed E-state index contributed by atoms with van der Waals surface area (Å²) >= 11 is 0. The van der Waals surface area contributed by atoms with E-state index in [1.165, 1.54) is 30.1 Å². The predicted molar refractivity (Wildman–Crippen MR) is 59.5 cm³/mol. The maximum absolute atomic E-state index is 13.4. The van der Waals surface area contributed by atoms with Crippen LogP contribution in [0.15, 0.2) is 18.2 Å². The quantitative estimate of drug-likeness (QED) is 0.698. The van der Waals surface area contributed by atoms with Gasteiger partial charge in [0.15, 0.2) is 5.54 Å². The molecule has 1 aromatic rings. The van der Waals surface area contributed by atoms with Crippen molar-refractivity contribution in [2.24, 2.45) is 0 Å². The summed E-state index contributed by atoms with van der Waals surface area (Å²) in [5.74, 6) is -0.441. The number of ether oxygens (including phenoxy) is 1. The lowest BCUT2D eigenvalue weighted by molar-refractivity contribution is -0.128. The van der Waals surface area contributed by atoms with Gasteiger partial charge in [-0.1, -0.05) is 0 Å². The molecule has 0 unspecified atom stereocenters. The van der Waals surface area contributed by atoms with Crippen molar-refractivity contribution in [3.05, 3.63) is 29.6 Å². The van der Waals surface area contributed by atoms with E-state index < -0.39 is 23.3 Å². The molecular weight excluding hydrogens is 239 g/mol. The molecule has 5 nitrogen and oxygen atoms in total. The molecule has 0 radical (unpaired) electrons. The first-order chi connectivity index (χ1) is 8.55. The van der Waals surface area contributed by atoms with Gasteiger partial charge in [-0.15, -0.1) is 0 Å².